The van der Waals surface area contributed by atoms with E-state index in [4.69, 9.17) is 0 Å². The maximum absolute atomic E-state index is 11.4. The van der Waals surface area contributed by atoms with E-state index < -0.39 is 6.04 Å². The van der Waals surface area contributed by atoms with Crippen LogP contribution in [0.3, 0.4) is 0 Å². The molecule has 0 radical (unpaired) electrons. The minimum atomic E-state index is -0.396. The normalized spacial score (nSPS) is 30.7. The molecule has 3 atom stereocenters. The topological polar surface area (TPSA) is 58.2 Å². The monoisotopic (exact) mass is 184 g/mol. The summed E-state index contributed by atoms with van der Waals surface area (Å²) in [5.74, 6) is 0.0304. The van der Waals surface area contributed by atoms with Crippen LogP contribution >= 0.6 is 0 Å². The number of piperazine rings is 1. The minimum absolute atomic E-state index is 0.0681. The number of hydrogen-bond acceptors (Lipinski definition) is 2. The van der Waals surface area contributed by atoms with Gasteiger partial charge in [0.05, 0.1) is 0 Å². The zero-order valence-corrected chi connectivity index (χ0v) is 8.26. The Bertz CT molecular complexity index is 228. The summed E-state index contributed by atoms with van der Waals surface area (Å²) in [7, 11) is 0. The second kappa shape index (κ2) is 3.77. The summed E-state index contributed by atoms with van der Waals surface area (Å²) < 4.78 is 0. The van der Waals surface area contributed by atoms with Crippen LogP contribution in [0.1, 0.15) is 27.2 Å². The quantitative estimate of drug-likeness (QED) is 0.636. The number of rotatable bonds is 2. The molecule has 0 aromatic heterocycles. The molecule has 0 bridgehead atoms. The Balaban J connectivity index is 2.66. The molecule has 1 heterocycles. The maximum Gasteiger partial charge on any atom is 0.243 e. The Hall–Kier alpha value is -1.06. The lowest BCUT2D eigenvalue weighted by Gasteiger charge is -2.30. The molecular weight excluding hydrogens is 168 g/mol. The second-order valence-electron chi connectivity index (χ2n) is 3.60. The number of hydrogen-bond donors (Lipinski definition) is 2. The third-order valence-corrected chi connectivity index (χ3v) is 2.55. The highest BCUT2D eigenvalue weighted by Crippen LogP contribution is 2.10. The number of carbonyl (C=O) groups is 2. The first kappa shape index (κ1) is 10.0. The molecule has 4 heteroatoms. The van der Waals surface area contributed by atoms with E-state index in [0.29, 0.717) is 0 Å². The first-order valence-corrected chi connectivity index (χ1v) is 4.67. The van der Waals surface area contributed by atoms with Gasteiger partial charge in [-0.25, -0.2) is 0 Å². The smallest absolute Gasteiger partial charge is 0.243 e. The fourth-order valence-corrected chi connectivity index (χ4v) is 1.35. The predicted octanol–water partition coefficient (Wildman–Crippen LogP) is 0.0356. The molecule has 74 valence electrons. The van der Waals surface area contributed by atoms with Gasteiger partial charge in [-0.05, 0) is 12.8 Å². The van der Waals surface area contributed by atoms with Crippen molar-refractivity contribution >= 4 is 11.8 Å². The van der Waals surface area contributed by atoms with Crippen molar-refractivity contribution in [2.75, 3.05) is 0 Å². The Kier molecular flexibility index (Phi) is 2.90. The Morgan fingerprint density at radius 1 is 1.31 bits per heavy atom. The molecule has 0 aromatic rings. The number of amides is 2. The SMILES string of the molecule is CC[C@H](C)[C@H]1NC(=O)[C@@H](C)NC1=O. The van der Waals surface area contributed by atoms with Crippen LogP contribution in [0.5, 0.6) is 0 Å². The van der Waals surface area contributed by atoms with Crippen LogP contribution in [0, 0.1) is 5.92 Å². The summed E-state index contributed by atoms with van der Waals surface area (Å²) in [4.78, 5) is 22.7. The lowest BCUT2D eigenvalue weighted by atomic mass is 9.96. The Morgan fingerprint density at radius 2 is 1.92 bits per heavy atom. The van der Waals surface area contributed by atoms with Crippen LogP contribution in [-0.4, -0.2) is 23.9 Å². The van der Waals surface area contributed by atoms with Crippen molar-refractivity contribution in [1.29, 1.82) is 0 Å². The van der Waals surface area contributed by atoms with Crippen molar-refractivity contribution < 1.29 is 9.59 Å². The van der Waals surface area contributed by atoms with E-state index in [1.807, 2.05) is 13.8 Å². The minimum Gasteiger partial charge on any atom is -0.343 e. The highest BCUT2D eigenvalue weighted by Gasteiger charge is 2.33. The lowest BCUT2D eigenvalue weighted by Crippen LogP contribution is -2.62. The lowest BCUT2D eigenvalue weighted by molar-refractivity contribution is -0.137. The third-order valence-electron chi connectivity index (χ3n) is 2.55. The van der Waals surface area contributed by atoms with Crippen LogP contribution in [0.4, 0.5) is 0 Å². The fraction of sp³-hybridized carbons (Fsp3) is 0.778. The molecule has 1 fully saturated rings. The Morgan fingerprint density at radius 3 is 2.46 bits per heavy atom. The van der Waals surface area contributed by atoms with Gasteiger partial charge in [-0.2, -0.15) is 0 Å². The van der Waals surface area contributed by atoms with E-state index in [0.717, 1.165) is 6.42 Å². The molecule has 2 N–H and O–H groups in total. The first-order valence-electron chi connectivity index (χ1n) is 4.67. The van der Waals surface area contributed by atoms with Crippen molar-refractivity contribution in [1.82, 2.24) is 10.6 Å². The summed E-state index contributed by atoms with van der Waals surface area (Å²) in [6.07, 6.45) is 0.882. The van der Waals surface area contributed by atoms with Gasteiger partial charge in [0.2, 0.25) is 11.8 Å². The summed E-state index contributed by atoms with van der Waals surface area (Å²) in [5, 5.41) is 5.36. The second-order valence-corrected chi connectivity index (χ2v) is 3.60. The van der Waals surface area contributed by atoms with Crippen LogP contribution in [0.15, 0.2) is 0 Å². The van der Waals surface area contributed by atoms with Crippen molar-refractivity contribution in [3.8, 4) is 0 Å². The van der Waals surface area contributed by atoms with Gasteiger partial charge in [-0.15, -0.1) is 0 Å². The van der Waals surface area contributed by atoms with Crippen molar-refractivity contribution in [3.63, 3.8) is 0 Å². The van der Waals surface area contributed by atoms with Gasteiger partial charge in [-0.1, -0.05) is 20.3 Å². The molecular formula is C9H16N2O2. The van der Waals surface area contributed by atoms with Gasteiger partial charge >= 0.3 is 0 Å². The van der Waals surface area contributed by atoms with Crippen LogP contribution < -0.4 is 10.6 Å². The average molecular weight is 184 g/mol. The molecule has 0 aromatic carbocycles. The molecule has 1 aliphatic heterocycles. The molecule has 0 spiro atoms. The van der Waals surface area contributed by atoms with Crippen molar-refractivity contribution in [3.05, 3.63) is 0 Å². The van der Waals surface area contributed by atoms with Gasteiger partial charge in [0.1, 0.15) is 12.1 Å². The predicted molar refractivity (Wildman–Crippen MR) is 49.0 cm³/mol. The summed E-state index contributed by atoms with van der Waals surface area (Å²) >= 11 is 0. The standard InChI is InChI=1S/C9H16N2O2/c1-4-5(2)7-9(13)10-6(3)8(12)11-7/h5-7H,4H2,1-3H3,(H,10,13)(H,11,12)/t5-,6+,7+/m0/s1. The van der Waals surface area contributed by atoms with Crippen LogP contribution in [0.25, 0.3) is 0 Å². The van der Waals surface area contributed by atoms with Crippen molar-refractivity contribution in [2.24, 2.45) is 5.92 Å². The van der Waals surface area contributed by atoms with Gasteiger partial charge in [0, 0.05) is 0 Å². The number of nitrogens with one attached hydrogen (secondary N) is 2. The molecule has 2 amide bonds. The first-order chi connectivity index (χ1) is 6.06. The van der Waals surface area contributed by atoms with E-state index in [-0.39, 0.29) is 23.8 Å². The van der Waals surface area contributed by atoms with Crippen LogP contribution in [0.2, 0.25) is 0 Å². The van der Waals surface area contributed by atoms with E-state index in [1.54, 1.807) is 6.92 Å². The molecule has 4 nitrogen and oxygen atoms in total. The Labute approximate surface area is 78.1 Å². The zero-order chi connectivity index (χ0) is 10.0. The summed E-state index contributed by atoms with van der Waals surface area (Å²) in [5.41, 5.74) is 0. The highest BCUT2D eigenvalue weighted by atomic mass is 16.2. The summed E-state index contributed by atoms with van der Waals surface area (Å²) in [6, 6.07) is -0.749. The van der Waals surface area contributed by atoms with E-state index in [9.17, 15) is 9.59 Å². The van der Waals surface area contributed by atoms with Gasteiger partial charge in [-0.3, -0.25) is 9.59 Å². The molecule has 0 aliphatic carbocycles. The highest BCUT2D eigenvalue weighted by molar-refractivity contribution is 5.96. The largest absolute Gasteiger partial charge is 0.343 e. The van der Waals surface area contributed by atoms with Crippen molar-refractivity contribution in [2.45, 2.75) is 39.3 Å². The molecule has 1 aliphatic rings. The van der Waals surface area contributed by atoms with E-state index >= 15 is 0 Å². The molecule has 0 unspecified atom stereocenters. The van der Waals surface area contributed by atoms with Gasteiger partial charge < -0.3 is 10.6 Å². The number of carbonyl (C=O) groups excluding carboxylic acids is 2. The fourth-order valence-electron chi connectivity index (χ4n) is 1.35. The van der Waals surface area contributed by atoms with E-state index in [2.05, 4.69) is 10.6 Å². The van der Waals surface area contributed by atoms with Crippen LogP contribution in [-0.2, 0) is 9.59 Å². The third kappa shape index (κ3) is 1.99. The molecule has 13 heavy (non-hydrogen) atoms. The molecule has 1 rings (SSSR count). The zero-order valence-electron chi connectivity index (χ0n) is 8.26. The summed E-state index contributed by atoms with van der Waals surface area (Å²) in [6.45, 7) is 5.64. The average Bonchev–Trinajstić information content (AvgIpc) is 2.10. The van der Waals surface area contributed by atoms with Gasteiger partial charge in [0.15, 0.2) is 0 Å². The van der Waals surface area contributed by atoms with E-state index in [1.165, 1.54) is 0 Å². The molecule has 0 saturated carbocycles. The maximum atomic E-state index is 11.4. The van der Waals surface area contributed by atoms with Gasteiger partial charge in [0.25, 0.3) is 0 Å². The molecule has 1 saturated heterocycles.